The summed E-state index contributed by atoms with van der Waals surface area (Å²) < 4.78 is 0.361. The molecule has 92 valence electrons. The lowest BCUT2D eigenvalue weighted by Gasteiger charge is -2.05. The van der Waals surface area contributed by atoms with Crippen LogP contribution in [0, 0.1) is 6.92 Å². The van der Waals surface area contributed by atoms with Crippen molar-refractivity contribution in [3.8, 4) is 0 Å². The molecule has 18 heavy (non-hydrogen) atoms. The Balaban J connectivity index is 2.25. The van der Waals surface area contributed by atoms with Crippen molar-refractivity contribution >= 4 is 27.8 Å². The second-order valence-electron chi connectivity index (χ2n) is 3.63. The molecule has 2 N–H and O–H groups in total. The smallest absolute Gasteiger partial charge is 0.266 e. The predicted octanol–water partition coefficient (Wildman–Crippen LogP) is 2.09. The van der Waals surface area contributed by atoms with E-state index in [1.54, 1.807) is 31.2 Å². The number of amides is 1. The van der Waals surface area contributed by atoms with Gasteiger partial charge in [0.25, 0.3) is 11.5 Å². The summed E-state index contributed by atoms with van der Waals surface area (Å²) in [6, 6.07) is 8.70. The maximum absolute atomic E-state index is 11.8. The first-order valence-electron chi connectivity index (χ1n) is 5.21. The lowest BCUT2D eigenvalue weighted by atomic mass is 10.2. The molecule has 0 aliphatic rings. The number of benzene rings is 1. The molecule has 0 aliphatic carbocycles. The zero-order chi connectivity index (χ0) is 13.1. The number of nitrogens with one attached hydrogen (secondary N) is 2. The number of nitrogens with zero attached hydrogens (tertiary/aromatic N) is 1. The normalized spacial score (nSPS) is 10.1. The number of hydrogen-bond donors (Lipinski definition) is 2. The van der Waals surface area contributed by atoms with Gasteiger partial charge in [-0.05, 0) is 35.0 Å². The van der Waals surface area contributed by atoms with Gasteiger partial charge in [-0.3, -0.25) is 19.9 Å². The number of carbonyl (C=O) groups is 1. The average Bonchev–Trinajstić information content (AvgIpc) is 2.37. The summed E-state index contributed by atoms with van der Waals surface area (Å²) in [5, 5.41) is 2.54. The molecule has 0 unspecified atom stereocenters. The summed E-state index contributed by atoms with van der Waals surface area (Å²) in [5.74, 6) is -0.185. The van der Waals surface area contributed by atoms with Gasteiger partial charge in [-0.15, -0.1) is 0 Å². The summed E-state index contributed by atoms with van der Waals surface area (Å²) in [4.78, 5) is 29.9. The molecule has 6 heteroatoms. The average molecular weight is 308 g/mol. The lowest BCUT2D eigenvalue weighted by molar-refractivity contribution is 0.102. The maximum Gasteiger partial charge on any atom is 0.266 e. The van der Waals surface area contributed by atoms with Crippen LogP contribution in [0.2, 0.25) is 0 Å². The van der Waals surface area contributed by atoms with Gasteiger partial charge < -0.3 is 0 Å². The Morgan fingerprint density at radius 2 is 2.00 bits per heavy atom. The van der Waals surface area contributed by atoms with Crippen LogP contribution in [0.15, 0.2) is 39.6 Å². The molecule has 0 spiro atoms. The molecule has 2 rings (SSSR count). The van der Waals surface area contributed by atoms with Crippen molar-refractivity contribution in [1.29, 1.82) is 0 Å². The number of aromatic nitrogens is 2. The molecule has 1 amide bonds. The zero-order valence-corrected chi connectivity index (χ0v) is 11.1. The number of aryl methyl sites for hydroxylation is 1. The van der Waals surface area contributed by atoms with Gasteiger partial charge >= 0.3 is 0 Å². The summed E-state index contributed by atoms with van der Waals surface area (Å²) in [6.07, 6.45) is 0. The van der Waals surface area contributed by atoms with E-state index in [4.69, 9.17) is 0 Å². The molecule has 2 aromatic rings. The minimum atomic E-state index is -0.328. The molecule has 0 aliphatic heterocycles. The summed E-state index contributed by atoms with van der Waals surface area (Å²) in [6.45, 7) is 1.68. The molecular weight excluding hydrogens is 298 g/mol. The van der Waals surface area contributed by atoms with Gasteiger partial charge in [-0.25, -0.2) is 4.98 Å². The third-order valence-corrected chi connectivity index (χ3v) is 3.23. The van der Waals surface area contributed by atoms with Crippen LogP contribution in [0.25, 0.3) is 0 Å². The van der Waals surface area contributed by atoms with Crippen molar-refractivity contribution in [1.82, 2.24) is 9.97 Å². The first-order chi connectivity index (χ1) is 8.58. The van der Waals surface area contributed by atoms with Crippen molar-refractivity contribution in [3.05, 3.63) is 56.4 Å². The van der Waals surface area contributed by atoms with Gasteiger partial charge in [0.1, 0.15) is 4.47 Å². The van der Waals surface area contributed by atoms with Crippen LogP contribution in [-0.4, -0.2) is 15.9 Å². The standard InChI is InChI=1S/C12H10BrN3O2/c1-7-9(13)11(18)16-12(14-7)15-10(17)8-5-3-2-4-6-8/h2-6H,1H3,(H2,14,15,16,17,18). The molecule has 5 nitrogen and oxygen atoms in total. The molecule has 0 atom stereocenters. The number of halogens is 1. The van der Waals surface area contributed by atoms with E-state index in [2.05, 4.69) is 31.2 Å². The van der Waals surface area contributed by atoms with Gasteiger partial charge in [0.15, 0.2) is 0 Å². The van der Waals surface area contributed by atoms with Crippen LogP contribution < -0.4 is 10.9 Å². The molecule has 0 saturated carbocycles. The third-order valence-electron chi connectivity index (χ3n) is 2.30. The number of aromatic amines is 1. The largest absolute Gasteiger partial charge is 0.292 e. The van der Waals surface area contributed by atoms with Gasteiger partial charge in [-0.2, -0.15) is 0 Å². The molecule has 0 saturated heterocycles. The SMILES string of the molecule is Cc1nc(NC(=O)c2ccccc2)[nH]c(=O)c1Br. The summed E-state index contributed by atoms with van der Waals surface area (Å²) in [7, 11) is 0. The highest BCUT2D eigenvalue weighted by atomic mass is 79.9. The van der Waals surface area contributed by atoms with Crippen molar-refractivity contribution < 1.29 is 4.79 Å². The minimum Gasteiger partial charge on any atom is -0.292 e. The Morgan fingerprint density at radius 3 is 2.61 bits per heavy atom. The Hall–Kier alpha value is -1.95. The molecule has 1 aromatic heterocycles. The van der Waals surface area contributed by atoms with Crippen molar-refractivity contribution in [2.75, 3.05) is 5.32 Å². The highest BCUT2D eigenvalue weighted by molar-refractivity contribution is 9.10. The molecule has 0 radical (unpaired) electrons. The van der Waals surface area contributed by atoms with E-state index in [0.717, 1.165) is 0 Å². The quantitative estimate of drug-likeness (QED) is 0.892. The van der Waals surface area contributed by atoms with Crippen LogP contribution in [0.5, 0.6) is 0 Å². The van der Waals surface area contributed by atoms with Crippen LogP contribution in [0.1, 0.15) is 16.1 Å². The van der Waals surface area contributed by atoms with Crippen LogP contribution in [-0.2, 0) is 0 Å². The Bertz CT molecular complexity index is 638. The third kappa shape index (κ3) is 2.65. The Morgan fingerprint density at radius 1 is 1.33 bits per heavy atom. The van der Waals surface area contributed by atoms with E-state index < -0.39 is 0 Å². The van der Waals surface area contributed by atoms with Crippen molar-refractivity contribution in [2.45, 2.75) is 6.92 Å². The fourth-order valence-corrected chi connectivity index (χ4v) is 1.59. The van der Waals surface area contributed by atoms with E-state index in [1.807, 2.05) is 6.07 Å². The fourth-order valence-electron chi connectivity index (χ4n) is 1.40. The number of anilines is 1. The maximum atomic E-state index is 11.8. The number of H-pyrrole nitrogens is 1. The number of rotatable bonds is 2. The zero-order valence-electron chi connectivity index (χ0n) is 9.53. The van der Waals surface area contributed by atoms with E-state index in [0.29, 0.717) is 15.7 Å². The van der Waals surface area contributed by atoms with Crippen LogP contribution >= 0.6 is 15.9 Å². The van der Waals surface area contributed by atoms with Gasteiger partial charge in [0, 0.05) is 5.56 Å². The lowest BCUT2D eigenvalue weighted by Crippen LogP contribution is -2.19. The van der Waals surface area contributed by atoms with E-state index in [-0.39, 0.29) is 17.4 Å². The monoisotopic (exact) mass is 307 g/mol. The second kappa shape index (κ2) is 5.14. The summed E-state index contributed by atoms with van der Waals surface area (Å²) >= 11 is 3.11. The summed E-state index contributed by atoms with van der Waals surface area (Å²) in [5.41, 5.74) is 0.689. The molecule has 1 heterocycles. The number of carbonyl (C=O) groups excluding carboxylic acids is 1. The van der Waals surface area contributed by atoms with Crippen molar-refractivity contribution in [3.63, 3.8) is 0 Å². The highest BCUT2D eigenvalue weighted by Gasteiger charge is 2.09. The van der Waals surface area contributed by atoms with E-state index >= 15 is 0 Å². The Kier molecular flexibility index (Phi) is 3.57. The Labute approximate surface area is 111 Å². The van der Waals surface area contributed by atoms with Gasteiger partial charge in [0.2, 0.25) is 5.95 Å². The molecule has 0 bridgehead atoms. The topological polar surface area (TPSA) is 74.8 Å². The number of hydrogen-bond acceptors (Lipinski definition) is 3. The fraction of sp³-hybridized carbons (Fsp3) is 0.0833. The van der Waals surface area contributed by atoms with Crippen molar-refractivity contribution in [2.24, 2.45) is 0 Å². The van der Waals surface area contributed by atoms with Crippen LogP contribution in [0.3, 0.4) is 0 Å². The molecule has 1 aromatic carbocycles. The first kappa shape index (κ1) is 12.5. The minimum absolute atomic E-state index is 0.134. The predicted molar refractivity (Wildman–Crippen MR) is 71.7 cm³/mol. The van der Waals surface area contributed by atoms with Gasteiger partial charge in [0.05, 0.1) is 5.69 Å². The highest BCUT2D eigenvalue weighted by Crippen LogP contribution is 2.09. The first-order valence-corrected chi connectivity index (χ1v) is 6.00. The van der Waals surface area contributed by atoms with Crippen LogP contribution in [0.4, 0.5) is 5.95 Å². The molecule has 0 fully saturated rings. The second-order valence-corrected chi connectivity index (χ2v) is 4.43. The molecular formula is C12H10BrN3O2. The van der Waals surface area contributed by atoms with Gasteiger partial charge in [-0.1, -0.05) is 18.2 Å². The van der Waals surface area contributed by atoms with E-state index in [1.165, 1.54) is 0 Å². The van der Waals surface area contributed by atoms with E-state index in [9.17, 15) is 9.59 Å².